The van der Waals surface area contributed by atoms with Gasteiger partial charge < -0.3 is 0 Å². The minimum absolute atomic E-state index is 0.0417. The first-order valence-corrected chi connectivity index (χ1v) is 13.1. The Hall–Kier alpha value is -0.510. The molecule has 0 radical (unpaired) electrons. The third-order valence-corrected chi connectivity index (χ3v) is 8.22. The Morgan fingerprint density at radius 1 is 0.643 bits per heavy atom. The van der Waals surface area contributed by atoms with Gasteiger partial charge in [-0.2, -0.15) is 5.26 Å². The summed E-state index contributed by atoms with van der Waals surface area (Å²) in [5.74, 6) is 2.99. The van der Waals surface area contributed by atoms with Crippen LogP contribution < -0.4 is 0 Å². The Labute approximate surface area is 177 Å². The standard InChI is InChI=1S/C27H49N/c1-3-5-7-9-11-24-12-14-25(15-13-24)16-17-26-18-21-27(23-28,22-19-26)20-10-8-6-4-2/h24-26H,3-22H2,1-2H3. The second-order valence-corrected chi connectivity index (χ2v) is 10.5. The average Bonchev–Trinajstić information content (AvgIpc) is 2.74. The van der Waals surface area contributed by atoms with E-state index in [1.165, 1.54) is 128 Å². The monoisotopic (exact) mass is 387 g/mol. The Bertz CT molecular complexity index is 418. The smallest absolute Gasteiger partial charge is 0.0689 e. The SMILES string of the molecule is CCCCCCC1CCC(CCC2CCC(C#N)(CCCCCC)CC2)CC1. The average molecular weight is 388 g/mol. The summed E-state index contributed by atoms with van der Waals surface area (Å²) in [6, 6.07) is 2.75. The highest BCUT2D eigenvalue weighted by Crippen LogP contribution is 2.44. The molecule has 1 heteroatoms. The zero-order chi connectivity index (χ0) is 20.1. The maximum Gasteiger partial charge on any atom is 0.0689 e. The summed E-state index contributed by atoms with van der Waals surface area (Å²) >= 11 is 0. The minimum atomic E-state index is 0.0417. The van der Waals surface area contributed by atoms with Crippen LogP contribution in [0, 0.1) is 34.5 Å². The van der Waals surface area contributed by atoms with E-state index in [0.717, 1.165) is 17.8 Å². The molecule has 162 valence electrons. The first-order chi connectivity index (χ1) is 13.7. The molecule has 0 heterocycles. The molecule has 0 aromatic rings. The van der Waals surface area contributed by atoms with E-state index >= 15 is 0 Å². The van der Waals surface area contributed by atoms with Crippen molar-refractivity contribution >= 4 is 0 Å². The molecule has 0 atom stereocenters. The molecular formula is C27H49N. The predicted molar refractivity (Wildman–Crippen MR) is 122 cm³/mol. The van der Waals surface area contributed by atoms with E-state index in [9.17, 15) is 5.26 Å². The van der Waals surface area contributed by atoms with Crippen LogP contribution in [0.25, 0.3) is 0 Å². The van der Waals surface area contributed by atoms with E-state index < -0.39 is 0 Å². The molecule has 0 aromatic carbocycles. The molecule has 2 fully saturated rings. The molecule has 1 nitrogen and oxygen atoms in total. The van der Waals surface area contributed by atoms with Crippen LogP contribution in [-0.2, 0) is 0 Å². The van der Waals surface area contributed by atoms with Gasteiger partial charge in [-0.05, 0) is 49.9 Å². The zero-order valence-electron chi connectivity index (χ0n) is 19.3. The molecule has 2 rings (SSSR count). The molecule has 0 unspecified atom stereocenters. The molecule has 2 aliphatic rings. The summed E-state index contributed by atoms with van der Waals surface area (Å²) in [7, 11) is 0. The number of hydrogen-bond donors (Lipinski definition) is 0. The third-order valence-electron chi connectivity index (χ3n) is 8.22. The second kappa shape index (κ2) is 13.7. The molecule has 0 spiro atoms. The summed E-state index contributed by atoms with van der Waals surface area (Å²) < 4.78 is 0. The third kappa shape index (κ3) is 8.47. The summed E-state index contributed by atoms with van der Waals surface area (Å²) in [4.78, 5) is 0. The van der Waals surface area contributed by atoms with Gasteiger partial charge in [-0.1, -0.05) is 110 Å². The van der Waals surface area contributed by atoms with Crippen molar-refractivity contribution in [1.82, 2.24) is 0 Å². The lowest BCUT2D eigenvalue weighted by molar-refractivity contribution is 0.170. The van der Waals surface area contributed by atoms with E-state index in [-0.39, 0.29) is 5.41 Å². The van der Waals surface area contributed by atoms with Gasteiger partial charge in [0.25, 0.3) is 0 Å². The normalized spacial score (nSPS) is 30.8. The summed E-state index contributed by atoms with van der Waals surface area (Å²) in [6.07, 6.45) is 27.6. The fourth-order valence-electron chi connectivity index (χ4n) is 5.97. The summed E-state index contributed by atoms with van der Waals surface area (Å²) in [5, 5.41) is 9.78. The first-order valence-electron chi connectivity index (χ1n) is 13.1. The molecule has 0 bridgehead atoms. The van der Waals surface area contributed by atoms with Crippen LogP contribution in [-0.4, -0.2) is 0 Å². The highest BCUT2D eigenvalue weighted by molar-refractivity contribution is 5.01. The van der Waals surface area contributed by atoms with Gasteiger partial charge >= 0.3 is 0 Å². The quantitative estimate of drug-likeness (QED) is 0.289. The van der Waals surface area contributed by atoms with E-state index in [4.69, 9.17) is 0 Å². The molecule has 28 heavy (non-hydrogen) atoms. The van der Waals surface area contributed by atoms with Crippen molar-refractivity contribution in [2.24, 2.45) is 23.2 Å². The Balaban J connectivity index is 1.57. The van der Waals surface area contributed by atoms with Crippen molar-refractivity contribution < 1.29 is 0 Å². The van der Waals surface area contributed by atoms with Gasteiger partial charge in [-0.3, -0.25) is 0 Å². The van der Waals surface area contributed by atoms with Crippen molar-refractivity contribution in [2.45, 2.75) is 142 Å². The maximum atomic E-state index is 9.78. The second-order valence-electron chi connectivity index (χ2n) is 10.5. The fraction of sp³-hybridized carbons (Fsp3) is 0.963. The van der Waals surface area contributed by atoms with E-state index in [1.807, 2.05) is 0 Å². The van der Waals surface area contributed by atoms with Gasteiger partial charge in [-0.15, -0.1) is 0 Å². The lowest BCUT2D eigenvalue weighted by atomic mass is 9.67. The molecule has 2 aliphatic carbocycles. The van der Waals surface area contributed by atoms with Gasteiger partial charge in [0.1, 0.15) is 0 Å². The van der Waals surface area contributed by atoms with Crippen LogP contribution >= 0.6 is 0 Å². The van der Waals surface area contributed by atoms with Crippen molar-refractivity contribution in [3.63, 3.8) is 0 Å². The van der Waals surface area contributed by atoms with Crippen LogP contribution in [0.3, 0.4) is 0 Å². The first kappa shape index (κ1) is 23.8. The number of hydrogen-bond acceptors (Lipinski definition) is 1. The van der Waals surface area contributed by atoms with E-state index in [1.54, 1.807) is 0 Å². The molecule has 2 saturated carbocycles. The van der Waals surface area contributed by atoms with Gasteiger partial charge in [0.05, 0.1) is 11.5 Å². The highest BCUT2D eigenvalue weighted by atomic mass is 14.4. The van der Waals surface area contributed by atoms with Crippen molar-refractivity contribution in [1.29, 1.82) is 5.26 Å². The highest BCUT2D eigenvalue weighted by Gasteiger charge is 2.35. The van der Waals surface area contributed by atoms with E-state index in [2.05, 4.69) is 19.9 Å². The van der Waals surface area contributed by atoms with Crippen molar-refractivity contribution in [2.75, 3.05) is 0 Å². The zero-order valence-corrected chi connectivity index (χ0v) is 19.3. The maximum absolute atomic E-state index is 9.78. The van der Waals surface area contributed by atoms with Crippen LogP contribution in [0.1, 0.15) is 142 Å². The lowest BCUT2D eigenvalue weighted by Gasteiger charge is -2.36. The fourth-order valence-corrected chi connectivity index (χ4v) is 5.97. The van der Waals surface area contributed by atoms with Crippen LogP contribution in [0.2, 0.25) is 0 Å². The van der Waals surface area contributed by atoms with Gasteiger partial charge in [0.2, 0.25) is 0 Å². The Kier molecular flexibility index (Phi) is 11.6. The van der Waals surface area contributed by atoms with Crippen LogP contribution in [0.4, 0.5) is 0 Å². The van der Waals surface area contributed by atoms with Gasteiger partial charge in [-0.25, -0.2) is 0 Å². The number of rotatable bonds is 13. The van der Waals surface area contributed by atoms with Crippen LogP contribution in [0.5, 0.6) is 0 Å². The predicted octanol–water partition coefficient (Wildman–Crippen LogP) is 9.21. The van der Waals surface area contributed by atoms with Gasteiger partial charge in [0.15, 0.2) is 0 Å². The summed E-state index contributed by atoms with van der Waals surface area (Å²) in [6.45, 7) is 4.58. The Morgan fingerprint density at radius 2 is 1.14 bits per heavy atom. The lowest BCUT2D eigenvalue weighted by Crippen LogP contribution is -2.26. The minimum Gasteiger partial charge on any atom is -0.198 e. The number of nitriles is 1. The van der Waals surface area contributed by atoms with E-state index in [0.29, 0.717) is 0 Å². The molecule has 0 aliphatic heterocycles. The molecule has 0 N–H and O–H groups in total. The van der Waals surface area contributed by atoms with Crippen LogP contribution in [0.15, 0.2) is 0 Å². The molecule has 0 amide bonds. The molecular weight excluding hydrogens is 338 g/mol. The van der Waals surface area contributed by atoms with Gasteiger partial charge in [0, 0.05) is 0 Å². The van der Waals surface area contributed by atoms with Crippen molar-refractivity contribution in [3.8, 4) is 6.07 Å². The molecule has 0 aromatic heterocycles. The number of unbranched alkanes of at least 4 members (excludes halogenated alkanes) is 6. The summed E-state index contributed by atoms with van der Waals surface area (Å²) in [5.41, 5.74) is 0.0417. The van der Waals surface area contributed by atoms with Crippen molar-refractivity contribution in [3.05, 3.63) is 0 Å². The molecule has 0 saturated heterocycles. The number of nitrogens with zero attached hydrogens (tertiary/aromatic N) is 1. The largest absolute Gasteiger partial charge is 0.198 e. The Morgan fingerprint density at radius 3 is 1.68 bits per heavy atom. The topological polar surface area (TPSA) is 23.8 Å².